The number of methoxy groups -OCH3 is 1. The second kappa shape index (κ2) is 5.07. The van der Waals surface area contributed by atoms with Crippen LogP contribution in [-0.2, 0) is 20.4 Å². The van der Waals surface area contributed by atoms with Gasteiger partial charge in [0, 0.05) is 12.7 Å². The van der Waals surface area contributed by atoms with Crippen molar-refractivity contribution in [1.29, 1.82) is 0 Å². The van der Waals surface area contributed by atoms with Crippen LogP contribution in [0.1, 0.15) is 12.5 Å². The van der Waals surface area contributed by atoms with Gasteiger partial charge in [-0.2, -0.15) is 0 Å². The molecule has 0 aliphatic carbocycles. The Morgan fingerprint density at radius 1 is 1.14 bits per heavy atom. The summed E-state index contributed by atoms with van der Waals surface area (Å²) in [5.41, 5.74) is 0.283. The molecule has 0 bridgehead atoms. The normalized spacial score (nSPS) is 23.1. The predicted molar refractivity (Wildman–Crippen MR) is 81.7 cm³/mol. The second-order valence-corrected chi connectivity index (χ2v) is 7.25. The molecule has 0 N–H and O–H groups in total. The largest absolute Gasteiger partial charge is 0.372 e. The number of halogens is 1. The molecule has 1 unspecified atom stereocenters. The summed E-state index contributed by atoms with van der Waals surface area (Å²) in [6.07, 6.45) is 0. The molecule has 6 heteroatoms. The Morgan fingerprint density at radius 3 is 2.41 bits per heavy atom. The number of rotatable bonds is 2. The molecule has 0 aromatic heterocycles. The minimum absolute atomic E-state index is 0.133. The van der Waals surface area contributed by atoms with Crippen LogP contribution in [-0.4, -0.2) is 22.1 Å². The molecule has 1 aliphatic rings. The van der Waals surface area contributed by atoms with Crippen molar-refractivity contribution in [1.82, 2.24) is 0 Å². The summed E-state index contributed by atoms with van der Waals surface area (Å²) in [7, 11) is -2.15. The molecule has 4 nitrogen and oxygen atoms in total. The van der Waals surface area contributed by atoms with E-state index in [9.17, 15) is 12.8 Å². The van der Waals surface area contributed by atoms with Crippen molar-refractivity contribution in [3.05, 3.63) is 59.9 Å². The van der Waals surface area contributed by atoms with Gasteiger partial charge in [0.1, 0.15) is 11.4 Å². The van der Waals surface area contributed by atoms with Crippen molar-refractivity contribution in [2.45, 2.75) is 17.4 Å². The van der Waals surface area contributed by atoms with Gasteiger partial charge in [-0.3, -0.25) is 4.31 Å². The lowest BCUT2D eigenvalue weighted by Crippen LogP contribution is -2.48. The molecular formula is C16H16FNO3S. The fourth-order valence-electron chi connectivity index (χ4n) is 2.70. The molecule has 2 aromatic rings. The molecule has 116 valence electrons. The van der Waals surface area contributed by atoms with Gasteiger partial charge in [0.05, 0.1) is 17.1 Å². The van der Waals surface area contributed by atoms with Crippen LogP contribution in [0, 0.1) is 5.82 Å². The molecule has 3 rings (SSSR count). The quantitative estimate of drug-likeness (QED) is 0.854. The highest BCUT2D eigenvalue weighted by molar-refractivity contribution is 7.93. The molecule has 0 saturated heterocycles. The summed E-state index contributed by atoms with van der Waals surface area (Å²) in [5.74, 6) is -0.409. The average molecular weight is 321 g/mol. The summed E-state index contributed by atoms with van der Waals surface area (Å²) in [6, 6.07) is 12.2. The van der Waals surface area contributed by atoms with Crippen LogP contribution in [0.2, 0.25) is 0 Å². The third-order valence-electron chi connectivity index (χ3n) is 4.04. The van der Waals surface area contributed by atoms with Gasteiger partial charge in [-0.15, -0.1) is 0 Å². The van der Waals surface area contributed by atoms with E-state index in [0.29, 0.717) is 11.3 Å². The van der Waals surface area contributed by atoms with Crippen molar-refractivity contribution in [2.75, 3.05) is 18.0 Å². The van der Waals surface area contributed by atoms with Crippen molar-refractivity contribution in [3.63, 3.8) is 0 Å². The molecule has 1 aliphatic heterocycles. The highest BCUT2D eigenvalue weighted by Gasteiger charge is 2.44. The minimum Gasteiger partial charge on any atom is -0.372 e. The van der Waals surface area contributed by atoms with E-state index in [1.54, 1.807) is 31.4 Å². The van der Waals surface area contributed by atoms with E-state index in [1.807, 2.05) is 6.92 Å². The highest BCUT2D eigenvalue weighted by atomic mass is 32.2. The molecule has 22 heavy (non-hydrogen) atoms. The zero-order valence-electron chi connectivity index (χ0n) is 12.3. The molecule has 1 atom stereocenters. The first-order chi connectivity index (χ1) is 10.4. The van der Waals surface area contributed by atoms with Gasteiger partial charge in [-0.05, 0) is 37.3 Å². The van der Waals surface area contributed by atoms with E-state index >= 15 is 0 Å². The van der Waals surface area contributed by atoms with Crippen molar-refractivity contribution in [3.8, 4) is 0 Å². The predicted octanol–water partition coefficient (Wildman–Crippen LogP) is 2.90. The molecule has 0 fully saturated rings. The Labute approximate surface area is 129 Å². The minimum atomic E-state index is -3.70. The molecule has 2 aromatic carbocycles. The zero-order chi connectivity index (χ0) is 16.0. The number of hydrogen-bond acceptors (Lipinski definition) is 3. The molecule has 0 spiro atoms. The van der Waals surface area contributed by atoms with E-state index in [1.165, 1.54) is 28.6 Å². The highest BCUT2D eigenvalue weighted by Crippen LogP contribution is 2.40. The second-order valence-electron chi connectivity index (χ2n) is 5.42. The monoisotopic (exact) mass is 321 g/mol. The fourth-order valence-corrected chi connectivity index (χ4v) is 4.57. The smallest absolute Gasteiger partial charge is 0.264 e. The first-order valence-electron chi connectivity index (χ1n) is 6.81. The molecule has 0 amide bonds. The average Bonchev–Trinajstić information content (AvgIpc) is 2.52. The Bertz CT molecular complexity index is 804. The standard InChI is InChI=1S/C16H16FNO3S/c1-16(21-2)11-18(13-9-7-12(17)8-10-13)22(19,20)15-6-4-3-5-14(15)16/h3-10H,11H2,1-2H3. The van der Waals surface area contributed by atoms with Gasteiger partial charge in [0.2, 0.25) is 0 Å². The number of fused-ring (bicyclic) bond motifs is 1. The lowest BCUT2D eigenvalue weighted by Gasteiger charge is -2.41. The van der Waals surface area contributed by atoms with Crippen LogP contribution in [0.15, 0.2) is 53.4 Å². The topological polar surface area (TPSA) is 46.6 Å². The Hall–Kier alpha value is -1.92. The maximum absolute atomic E-state index is 13.1. The Morgan fingerprint density at radius 2 is 1.77 bits per heavy atom. The van der Waals surface area contributed by atoms with Crippen LogP contribution in [0.5, 0.6) is 0 Å². The fraction of sp³-hybridized carbons (Fsp3) is 0.250. The molecular weight excluding hydrogens is 305 g/mol. The maximum atomic E-state index is 13.1. The van der Waals surface area contributed by atoms with E-state index in [4.69, 9.17) is 4.74 Å². The van der Waals surface area contributed by atoms with Gasteiger partial charge in [-0.25, -0.2) is 12.8 Å². The van der Waals surface area contributed by atoms with Gasteiger partial charge >= 0.3 is 0 Å². The van der Waals surface area contributed by atoms with Gasteiger partial charge in [-0.1, -0.05) is 18.2 Å². The third-order valence-corrected chi connectivity index (χ3v) is 5.87. The lowest BCUT2D eigenvalue weighted by molar-refractivity contribution is 0.00679. The van der Waals surface area contributed by atoms with Crippen LogP contribution in [0.3, 0.4) is 0 Å². The Kier molecular flexibility index (Phi) is 3.45. The van der Waals surface area contributed by atoms with Crippen molar-refractivity contribution in [2.24, 2.45) is 0 Å². The Balaban J connectivity index is 2.21. The third kappa shape index (κ3) is 2.19. The SMILES string of the molecule is COC1(C)CN(c2ccc(F)cc2)S(=O)(=O)c2ccccc21. The van der Waals surface area contributed by atoms with Crippen molar-refractivity contribution < 1.29 is 17.5 Å². The maximum Gasteiger partial charge on any atom is 0.264 e. The lowest BCUT2D eigenvalue weighted by atomic mass is 9.95. The summed E-state index contributed by atoms with van der Waals surface area (Å²) in [6.45, 7) is 1.98. The number of benzene rings is 2. The van der Waals surface area contributed by atoms with Crippen LogP contribution in [0.4, 0.5) is 10.1 Å². The number of hydrogen-bond donors (Lipinski definition) is 0. The zero-order valence-corrected chi connectivity index (χ0v) is 13.1. The van der Waals surface area contributed by atoms with Gasteiger partial charge in [0.15, 0.2) is 0 Å². The van der Waals surface area contributed by atoms with Crippen molar-refractivity contribution >= 4 is 15.7 Å². The van der Waals surface area contributed by atoms with Gasteiger partial charge < -0.3 is 4.74 Å². The summed E-state index contributed by atoms with van der Waals surface area (Å²) in [4.78, 5) is 0.218. The molecule has 0 radical (unpaired) electrons. The molecule has 1 heterocycles. The molecule has 0 saturated carbocycles. The van der Waals surface area contributed by atoms with E-state index in [-0.39, 0.29) is 11.4 Å². The number of anilines is 1. The number of nitrogens with zero attached hydrogens (tertiary/aromatic N) is 1. The van der Waals surface area contributed by atoms with Crippen LogP contribution >= 0.6 is 0 Å². The number of sulfonamides is 1. The van der Waals surface area contributed by atoms with Gasteiger partial charge in [0.25, 0.3) is 10.0 Å². The van der Waals surface area contributed by atoms with E-state index in [0.717, 1.165) is 0 Å². The summed E-state index contributed by atoms with van der Waals surface area (Å²) in [5, 5.41) is 0. The van der Waals surface area contributed by atoms with E-state index in [2.05, 4.69) is 0 Å². The first-order valence-corrected chi connectivity index (χ1v) is 8.25. The van der Waals surface area contributed by atoms with E-state index < -0.39 is 21.4 Å². The summed E-state index contributed by atoms with van der Waals surface area (Å²) < 4.78 is 45.7. The van der Waals surface area contributed by atoms with Crippen LogP contribution < -0.4 is 4.31 Å². The van der Waals surface area contributed by atoms with Crippen LogP contribution in [0.25, 0.3) is 0 Å². The number of ether oxygens (including phenoxy) is 1. The summed E-state index contributed by atoms with van der Waals surface area (Å²) >= 11 is 0. The first kappa shape index (κ1) is 15.0.